The quantitative estimate of drug-likeness (QED) is 0.832. The second-order valence-corrected chi connectivity index (χ2v) is 6.43. The second-order valence-electron chi connectivity index (χ2n) is 5.99. The van der Waals surface area contributed by atoms with Crippen molar-refractivity contribution in [1.82, 2.24) is 0 Å². The summed E-state index contributed by atoms with van der Waals surface area (Å²) < 4.78 is 44.2. The lowest BCUT2D eigenvalue weighted by Gasteiger charge is -2.34. The number of carbonyl (C=O) groups excluding carboxylic acids is 1. The van der Waals surface area contributed by atoms with Crippen molar-refractivity contribution in [2.24, 2.45) is 0 Å². The van der Waals surface area contributed by atoms with Gasteiger partial charge in [0.05, 0.1) is 17.8 Å². The number of benzene rings is 2. The van der Waals surface area contributed by atoms with Gasteiger partial charge in [-0.05, 0) is 36.8 Å². The number of carboxylic acid groups (broad SMARTS) is 1. The first-order chi connectivity index (χ1) is 12.6. The van der Waals surface area contributed by atoms with Gasteiger partial charge in [-0.25, -0.2) is 4.79 Å². The summed E-state index contributed by atoms with van der Waals surface area (Å²) in [7, 11) is 0. The summed E-state index contributed by atoms with van der Waals surface area (Å²) in [4.78, 5) is 25.2. The molecule has 1 aliphatic heterocycles. The Morgan fingerprint density at radius 3 is 2.63 bits per heavy atom. The topological polar surface area (TPSA) is 66.8 Å². The normalized spacial score (nSPS) is 16.7. The van der Waals surface area contributed by atoms with Gasteiger partial charge in [-0.2, -0.15) is 13.2 Å². The maximum atomic E-state index is 12.9. The summed E-state index contributed by atoms with van der Waals surface area (Å²) in [5.41, 5.74) is -0.743. The lowest BCUT2D eigenvalue weighted by atomic mass is 10.1. The van der Waals surface area contributed by atoms with Crippen LogP contribution in [0.15, 0.2) is 36.4 Å². The van der Waals surface area contributed by atoms with Crippen molar-refractivity contribution < 1.29 is 32.6 Å². The number of hydrogen-bond donors (Lipinski definition) is 1. The molecule has 27 heavy (non-hydrogen) atoms. The van der Waals surface area contributed by atoms with E-state index < -0.39 is 29.7 Å². The molecule has 1 amide bonds. The van der Waals surface area contributed by atoms with Crippen molar-refractivity contribution in [1.29, 1.82) is 0 Å². The third kappa shape index (κ3) is 3.71. The highest BCUT2D eigenvalue weighted by Crippen LogP contribution is 2.40. The number of anilines is 1. The number of carbonyl (C=O) groups is 2. The number of carboxylic acids is 1. The molecule has 0 bridgehead atoms. The van der Waals surface area contributed by atoms with Gasteiger partial charge in [-0.1, -0.05) is 23.7 Å². The minimum Gasteiger partial charge on any atom is -0.478 e. The van der Waals surface area contributed by atoms with Crippen LogP contribution < -0.4 is 9.64 Å². The lowest BCUT2D eigenvalue weighted by Crippen LogP contribution is -2.44. The standard InChI is InChI=1S/C18H13ClF3NO4/c1-9-16(24)23(8-10-3-2-4-11(5-10)18(20,21)22)14-7-12(19)6-13(17(25)26)15(14)27-9/h2-7,9H,8H2,1H3,(H,25,26). The molecule has 0 spiro atoms. The average Bonchev–Trinajstić information content (AvgIpc) is 2.58. The monoisotopic (exact) mass is 399 g/mol. The minimum atomic E-state index is -4.52. The molecular weight excluding hydrogens is 387 g/mol. The van der Waals surface area contributed by atoms with Gasteiger partial charge in [0.1, 0.15) is 5.56 Å². The Morgan fingerprint density at radius 1 is 1.30 bits per heavy atom. The SMILES string of the molecule is CC1Oc2c(C(=O)O)cc(Cl)cc2N(Cc2cccc(C(F)(F)F)c2)C1=O. The minimum absolute atomic E-state index is 0.0500. The molecule has 0 saturated heterocycles. The van der Waals surface area contributed by atoms with Gasteiger partial charge in [0, 0.05) is 5.02 Å². The van der Waals surface area contributed by atoms with Gasteiger partial charge < -0.3 is 14.7 Å². The highest BCUT2D eigenvalue weighted by atomic mass is 35.5. The Labute approximate surface area is 156 Å². The summed E-state index contributed by atoms with van der Waals surface area (Å²) in [6.45, 7) is 1.24. The van der Waals surface area contributed by atoms with Crippen LogP contribution in [-0.2, 0) is 17.5 Å². The van der Waals surface area contributed by atoms with Crippen molar-refractivity contribution >= 4 is 29.2 Å². The number of nitrogens with zero attached hydrogens (tertiary/aromatic N) is 1. The molecular formula is C18H13ClF3NO4. The summed E-state index contributed by atoms with van der Waals surface area (Å²) >= 11 is 5.96. The van der Waals surface area contributed by atoms with Gasteiger partial charge in [0.2, 0.25) is 0 Å². The summed E-state index contributed by atoms with van der Waals surface area (Å²) in [5.74, 6) is -1.86. The molecule has 9 heteroatoms. The smallest absolute Gasteiger partial charge is 0.416 e. The molecule has 5 nitrogen and oxygen atoms in total. The number of ether oxygens (including phenoxy) is 1. The first-order valence-electron chi connectivity index (χ1n) is 7.79. The number of fused-ring (bicyclic) bond motifs is 1. The largest absolute Gasteiger partial charge is 0.478 e. The van der Waals surface area contributed by atoms with Crippen molar-refractivity contribution in [3.05, 3.63) is 58.1 Å². The number of halogens is 4. The summed E-state index contributed by atoms with van der Waals surface area (Å²) in [5, 5.41) is 9.41. The fourth-order valence-corrected chi connectivity index (χ4v) is 3.03. The first kappa shape index (κ1) is 19.0. The van der Waals surface area contributed by atoms with Crippen LogP contribution in [0.3, 0.4) is 0 Å². The maximum Gasteiger partial charge on any atom is 0.416 e. The van der Waals surface area contributed by atoms with Crippen LogP contribution >= 0.6 is 11.6 Å². The highest BCUT2D eigenvalue weighted by molar-refractivity contribution is 6.31. The van der Waals surface area contributed by atoms with Crippen LogP contribution in [0.2, 0.25) is 5.02 Å². The van der Waals surface area contributed by atoms with Crippen molar-refractivity contribution in [2.45, 2.75) is 25.7 Å². The lowest BCUT2D eigenvalue weighted by molar-refractivity contribution is -0.137. The zero-order chi connectivity index (χ0) is 19.9. The summed E-state index contributed by atoms with van der Waals surface area (Å²) in [6.07, 6.45) is -5.52. The van der Waals surface area contributed by atoms with Gasteiger partial charge in [-0.15, -0.1) is 0 Å². The van der Waals surface area contributed by atoms with E-state index in [1.165, 1.54) is 36.1 Å². The molecule has 0 saturated carbocycles. The van der Waals surface area contributed by atoms with Crippen LogP contribution in [0.5, 0.6) is 5.75 Å². The molecule has 2 aromatic carbocycles. The van der Waals surface area contributed by atoms with Crippen LogP contribution in [0.4, 0.5) is 18.9 Å². The molecule has 0 fully saturated rings. The number of aromatic carboxylic acids is 1. The van der Waals surface area contributed by atoms with Crippen LogP contribution in [-0.4, -0.2) is 23.1 Å². The molecule has 0 aromatic heterocycles. The first-order valence-corrected chi connectivity index (χ1v) is 8.16. The Morgan fingerprint density at radius 2 is 2.00 bits per heavy atom. The van der Waals surface area contributed by atoms with Gasteiger partial charge in [0.15, 0.2) is 11.9 Å². The molecule has 1 aliphatic rings. The van der Waals surface area contributed by atoms with Gasteiger partial charge in [0.25, 0.3) is 5.91 Å². The number of rotatable bonds is 3. The van der Waals surface area contributed by atoms with Crippen LogP contribution in [0.25, 0.3) is 0 Å². The number of hydrogen-bond acceptors (Lipinski definition) is 3. The molecule has 142 valence electrons. The summed E-state index contributed by atoms with van der Waals surface area (Å²) in [6, 6.07) is 7.10. The molecule has 1 heterocycles. The Hall–Kier alpha value is -2.74. The van der Waals surface area contributed by atoms with E-state index in [9.17, 15) is 27.9 Å². The number of amides is 1. The van der Waals surface area contributed by atoms with E-state index in [2.05, 4.69) is 0 Å². The predicted molar refractivity (Wildman–Crippen MR) is 91.1 cm³/mol. The fourth-order valence-electron chi connectivity index (χ4n) is 2.82. The Balaban J connectivity index is 2.07. The van der Waals surface area contributed by atoms with Crippen molar-refractivity contribution in [3.63, 3.8) is 0 Å². The fraction of sp³-hybridized carbons (Fsp3) is 0.222. The Kier molecular flexibility index (Phi) is 4.77. The van der Waals surface area contributed by atoms with E-state index in [4.69, 9.17) is 16.3 Å². The van der Waals surface area contributed by atoms with E-state index in [1.807, 2.05) is 0 Å². The molecule has 1 unspecified atom stereocenters. The molecule has 1 N–H and O–H groups in total. The third-order valence-corrected chi connectivity index (χ3v) is 4.28. The third-order valence-electron chi connectivity index (χ3n) is 4.06. The van der Waals surface area contributed by atoms with Crippen molar-refractivity contribution in [2.75, 3.05) is 4.90 Å². The van der Waals surface area contributed by atoms with E-state index in [1.54, 1.807) is 0 Å². The average molecular weight is 400 g/mol. The van der Waals surface area contributed by atoms with E-state index in [0.29, 0.717) is 0 Å². The van der Waals surface area contributed by atoms with Gasteiger partial charge >= 0.3 is 12.1 Å². The highest BCUT2D eigenvalue weighted by Gasteiger charge is 2.35. The molecule has 1 atom stereocenters. The molecule has 0 aliphatic carbocycles. The second kappa shape index (κ2) is 6.77. The Bertz CT molecular complexity index is 929. The van der Waals surface area contributed by atoms with E-state index >= 15 is 0 Å². The van der Waals surface area contributed by atoms with E-state index in [-0.39, 0.29) is 34.1 Å². The molecule has 2 aromatic rings. The van der Waals surface area contributed by atoms with E-state index in [0.717, 1.165) is 12.1 Å². The molecule has 0 radical (unpaired) electrons. The van der Waals surface area contributed by atoms with Crippen molar-refractivity contribution in [3.8, 4) is 5.75 Å². The van der Waals surface area contributed by atoms with Crippen LogP contribution in [0, 0.1) is 0 Å². The number of alkyl halides is 3. The zero-order valence-electron chi connectivity index (χ0n) is 13.9. The molecule has 3 rings (SSSR count). The predicted octanol–water partition coefficient (Wildman–Crippen LogP) is 4.37. The van der Waals surface area contributed by atoms with Crippen LogP contribution in [0.1, 0.15) is 28.4 Å². The zero-order valence-corrected chi connectivity index (χ0v) is 14.6. The maximum absolute atomic E-state index is 12.9. The van der Waals surface area contributed by atoms with Gasteiger partial charge in [-0.3, -0.25) is 4.79 Å².